The molecule has 9 aromatic heterocycles. The average molecular weight is 1270 g/mol. The summed E-state index contributed by atoms with van der Waals surface area (Å²) < 4.78 is 12.4. The van der Waals surface area contributed by atoms with Crippen molar-refractivity contribution in [3.05, 3.63) is 246 Å². The molecule has 0 aliphatic heterocycles. The number of nitrogens with two attached hydrogens (primary N) is 1. The Hall–Kier alpha value is -8.04. The monoisotopic (exact) mass is 1270 g/mol. The van der Waals surface area contributed by atoms with Crippen LogP contribution < -0.4 is 19.6 Å². The normalized spacial score (nSPS) is 11.9. The molecule has 9 heterocycles. The van der Waals surface area contributed by atoms with Crippen LogP contribution in [-0.2, 0) is 46.0 Å². The summed E-state index contributed by atoms with van der Waals surface area (Å²) in [6, 6.07) is 42.7. The molecule has 0 fully saturated rings. The SMILES string of the molecule is CCC(CC(CC(C)c1cc[n+](CCCn2cc(COc3cc[c-]c(-c4cc(C)ccn4)c3)nn2)cc1)c1cc[n+](CCCN)cc1)c1ccncc1.Cc1ccnc(-c2cc(C)ccn2)c1.Cc1ccnc(-c2cc(C)ccn2)c1.[Os+]. The van der Waals surface area contributed by atoms with Crippen LogP contribution in [0.2, 0.25) is 0 Å². The third-order valence-electron chi connectivity index (χ3n) is 14.3. The van der Waals surface area contributed by atoms with Crippen LogP contribution in [0, 0.1) is 40.7 Å². The van der Waals surface area contributed by atoms with E-state index >= 15 is 0 Å². The van der Waals surface area contributed by atoms with E-state index in [1.54, 1.807) is 0 Å². The predicted molar refractivity (Wildman–Crippen MR) is 321 cm³/mol. The van der Waals surface area contributed by atoms with E-state index in [4.69, 9.17) is 10.5 Å². The standard InChI is InChI=1S/C44H53N8O.2C12H12N2.Os/c1-4-36(38-11-18-46-19-12-38)30-41(39-15-26-50(27-16-39)21-6-17-45)29-35(3)37-13-24-51(25-14-37)22-7-23-52-32-42(48-49-52)33-53-43-9-5-8-40(31-43)44-28-34(2)10-20-47-44;2*1-9-3-5-13-11(7-9)12-8-10(2)4-6-14-12;/h5,9-16,18-20,24-28,31-32,35-36,41H,4,6-7,17,21-23,29-30,33,45H2,1-3H3;2*3-8H,1-2H3;/q+1;;;+1. The zero-order valence-corrected chi connectivity index (χ0v) is 51.0. The molecule has 1 radical (unpaired) electrons. The maximum Gasteiger partial charge on any atom is 1.00 e. The molecule has 1 aromatic carbocycles. The van der Waals surface area contributed by atoms with Gasteiger partial charge in [-0.2, -0.15) is 0 Å². The maximum absolute atomic E-state index is 6.04. The largest absolute Gasteiger partial charge is 1.00 e. The van der Waals surface area contributed by atoms with E-state index in [-0.39, 0.29) is 19.8 Å². The number of pyridine rings is 8. The van der Waals surface area contributed by atoms with Crippen molar-refractivity contribution in [1.82, 2.24) is 44.9 Å². The van der Waals surface area contributed by atoms with E-state index in [1.807, 2.05) is 133 Å². The number of nitrogens with zero attached hydrogens (tertiary/aromatic N) is 11. The van der Waals surface area contributed by atoms with Crippen molar-refractivity contribution in [3.63, 3.8) is 0 Å². The molecule has 82 heavy (non-hydrogen) atoms. The van der Waals surface area contributed by atoms with Gasteiger partial charge in [0.25, 0.3) is 0 Å². The van der Waals surface area contributed by atoms with Gasteiger partial charge in [-0.3, -0.25) is 29.6 Å². The molecule has 14 heteroatoms. The van der Waals surface area contributed by atoms with Crippen LogP contribution in [0.25, 0.3) is 34.0 Å². The fourth-order valence-electron chi connectivity index (χ4n) is 9.72. The summed E-state index contributed by atoms with van der Waals surface area (Å²) in [6.45, 7) is 18.6. The van der Waals surface area contributed by atoms with Crippen molar-refractivity contribution in [2.24, 2.45) is 5.73 Å². The van der Waals surface area contributed by atoms with Gasteiger partial charge in [-0.25, -0.2) is 9.13 Å². The Morgan fingerprint density at radius 3 is 1.52 bits per heavy atom. The topological polar surface area (TPSA) is 151 Å². The Bertz CT molecular complexity index is 3330. The molecule has 0 aliphatic carbocycles. The molecule has 2 N–H and O–H groups in total. The van der Waals surface area contributed by atoms with Gasteiger partial charge in [-0.1, -0.05) is 30.7 Å². The van der Waals surface area contributed by atoms with Crippen LogP contribution in [-0.4, -0.2) is 51.4 Å². The van der Waals surface area contributed by atoms with Gasteiger partial charge in [0.05, 0.1) is 29.0 Å². The number of aromatic nitrogens is 11. The molecular formula is C68H77N12OOs+2. The van der Waals surface area contributed by atoms with Crippen molar-refractivity contribution in [3.8, 4) is 39.8 Å². The summed E-state index contributed by atoms with van der Waals surface area (Å²) in [5.41, 5.74) is 22.2. The molecule has 13 nitrogen and oxygen atoms in total. The molecule has 0 amide bonds. The molecule has 3 atom stereocenters. The van der Waals surface area contributed by atoms with Gasteiger partial charge in [-0.15, -0.1) is 34.9 Å². The second-order valence-corrected chi connectivity index (χ2v) is 21.0. The van der Waals surface area contributed by atoms with Crippen LogP contribution in [0.15, 0.2) is 190 Å². The summed E-state index contributed by atoms with van der Waals surface area (Å²) in [6.07, 6.45) is 29.0. The van der Waals surface area contributed by atoms with Crippen molar-refractivity contribution >= 4 is 0 Å². The van der Waals surface area contributed by atoms with Gasteiger partial charge in [-0.05, 0) is 190 Å². The van der Waals surface area contributed by atoms with Crippen LogP contribution >= 0.6 is 0 Å². The minimum absolute atomic E-state index is 0. The van der Waals surface area contributed by atoms with Crippen LogP contribution in [0.3, 0.4) is 0 Å². The number of ether oxygens (including phenoxy) is 1. The average Bonchev–Trinajstić information content (AvgIpc) is 3.96. The molecule has 3 unspecified atom stereocenters. The Morgan fingerprint density at radius 2 is 1.02 bits per heavy atom. The van der Waals surface area contributed by atoms with E-state index < -0.39 is 0 Å². The second-order valence-electron chi connectivity index (χ2n) is 21.0. The summed E-state index contributed by atoms with van der Waals surface area (Å²) in [7, 11) is 0. The van der Waals surface area contributed by atoms with Gasteiger partial charge in [0.15, 0.2) is 24.8 Å². The van der Waals surface area contributed by atoms with E-state index in [9.17, 15) is 0 Å². The number of aryl methyl sites for hydroxylation is 8. The summed E-state index contributed by atoms with van der Waals surface area (Å²) in [5.74, 6) is 2.11. The smallest absolute Gasteiger partial charge is 0.507 e. The molecule has 0 saturated carbocycles. The zero-order chi connectivity index (χ0) is 56.8. The Balaban J connectivity index is 0.000000269. The zero-order valence-electron chi connectivity index (χ0n) is 48.5. The molecule has 10 aromatic rings. The molecule has 0 bridgehead atoms. The first-order valence-corrected chi connectivity index (χ1v) is 28.2. The van der Waals surface area contributed by atoms with Gasteiger partial charge >= 0.3 is 19.8 Å². The fourth-order valence-corrected chi connectivity index (χ4v) is 9.72. The van der Waals surface area contributed by atoms with Crippen LogP contribution in [0.1, 0.15) is 114 Å². The summed E-state index contributed by atoms with van der Waals surface area (Å²) in [4.78, 5) is 25.9. The van der Waals surface area contributed by atoms with Gasteiger partial charge in [0.2, 0.25) is 0 Å². The van der Waals surface area contributed by atoms with E-state index in [1.165, 1.54) is 38.9 Å². The van der Waals surface area contributed by atoms with Crippen LogP contribution in [0.5, 0.6) is 5.75 Å². The third kappa shape index (κ3) is 19.0. The predicted octanol–water partition coefficient (Wildman–Crippen LogP) is 12.8. The Labute approximate surface area is 498 Å². The van der Waals surface area contributed by atoms with Crippen LogP contribution in [0.4, 0.5) is 0 Å². The molecule has 0 saturated heterocycles. The van der Waals surface area contributed by atoms with Crippen molar-refractivity contribution < 1.29 is 33.7 Å². The number of rotatable bonds is 21. The van der Waals surface area contributed by atoms with Crippen molar-refractivity contribution in [2.75, 3.05) is 6.54 Å². The molecule has 0 spiro atoms. The quantitative estimate of drug-likeness (QED) is 0.0544. The third-order valence-corrected chi connectivity index (χ3v) is 14.3. The van der Waals surface area contributed by atoms with Crippen molar-refractivity contribution in [1.29, 1.82) is 0 Å². The number of hydrogen-bond acceptors (Lipinski definition) is 10. The second kappa shape index (κ2) is 31.8. The number of hydrogen-bond donors (Lipinski definition) is 1. The molecule has 10 rings (SSSR count). The minimum atomic E-state index is 0. The number of benzene rings is 1. The molecule has 421 valence electrons. The van der Waals surface area contributed by atoms with Gasteiger partial charge in [0.1, 0.15) is 25.4 Å². The summed E-state index contributed by atoms with van der Waals surface area (Å²) in [5, 5.41) is 8.67. The summed E-state index contributed by atoms with van der Waals surface area (Å²) >= 11 is 0. The molecule has 0 aliphatic rings. The van der Waals surface area contributed by atoms with Crippen molar-refractivity contribution in [2.45, 2.75) is 125 Å². The first kappa shape index (κ1) is 61.6. The Kier molecular flexibility index (Phi) is 23.9. The van der Waals surface area contributed by atoms with E-state index in [0.29, 0.717) is 30.9 Å². The first-order valence-electron chi connectivity index (χ1n) is 28.2. The Morgan fingerprint density at radius 1 is 0.549 bits per heavy atom. The van der Waals surface area contributed by atoms with E-state index in [2.05, 4.69) is 165 Å². The van der Waals surface area contributed by atoms with Gasteiger partial charge < -0.3 is 15.5 Å². The first-order chi connectivity index (χ1) is 39.5. The molecular weight excluding hydrogens is 1190 g/mol. The van der Waals surface area contributed by atoms with Gasteiger partial charge in [0, 0.05) is 92.8 Å². The fraction of sp³-hybridized carbons (Fsp3) is 0.294. The minimum Gasteiger partial charge on any atom is -0.507 e. The maximum atomic E-state index is 6.04. The van der Waals surface area contributed by atoms with E-state index in [0.717, 1.165) is 103 Å².